The van der Waals surface area contributed by atoms with Crippen LogP contribution < -0.4 is 0 Å². The molecule has 0 unspecified atom stereocenters. The van der Waals surface area contributed by atoms with Gasteiger partial charge in [-0.05, 0) is 48.5 Å². The molecule has 0 amide bonds. The SMILES string of the molecule is [B]C1(c2ccnc(-c3c(C)ccc4cc(C)oc34)c2)CCCCC1. The quantitative estimate of drug-likeness (QED) is 0.589. The van der Waals surface area contributed by atoms with Crippen molar-refractivity contribution in [3.8, 4) is 11.3 Å². The Morgan fingerprint density at radius 3 is 2.62 bits per heavy atom. The number of furan rings is 1. The Balaban J connectivity index is 1.86. The average molecular weight is 315 g/mol. The molecule has 3 heteroatoms. The van der Waals surface area contributed by atoms with E-state index in [-0.39, 0.29) is 5.31 Å². The first-order valence-electron chi connectivity index (χ1n) is 8.82. The number of hydrogen-bond donors (Lipinski definition) is 0. The molecule has 1 saturated carbocycles. The molecule has 0 saturated heterocycles. The third kappa shape index (κ3) is 2.56. The summed E-state index contributed by atoms with van der Waals surface area (Å²) in [6, 6.07) is 10.6. The first kappa shape index (κ1) is 15.5. The molecule has 0 spiro atoms. The molecule has 1 aromatic carbocycles. The fraction of sp³-hybridized carbons (Fsp3) is 0.381. The summed E-state index contributed by atoms with van der Waals surface area (Å²) in [5, 5.41) is 0.914. The van der Waals surface area contributed by atoms with E-state index >= 15 is 0 Å². The zero-order chi connectivity index (χ0) is 16.7. The first-order chi connectivity index (χ1) is 11.6. The van der Waals surface area contributed by atoms with Gasteiger partial charge in [0.15, 0.2) is 0 Å². The number of aryl methyl sites for hydroxylation is 2. The van der Waals surface area contributed by atoms with Gasteiger partial charge in [-0.2, -0.15) is 0 Å². The molecule has 0 atom stereocenters. The highest BCUT2D eigenvalue weighted by atomic mass is 16.3. The van der Waals surface area contributed by atoms with Crippen molar-refractivity contribution in [2.24, 2.45) is 0 Å². The zero-order valence-electron chi connectivity index (χ0n) is 14.4. The predicted molar refractivity (Wildman–Crippen MR) is 99.4 cm³/mol. The van der Waals surface area contributed by atoms with E-state index in [2.05, 4.69) is 42.2 Å². The Hall–Kier alpha value is -2.03. The summed E-state index contributed by atoms with van der Waals surface area (Å²) in [5.41, 5.74) is 5.34. The fourth-order valence-electron chi connectivity index (χ4n) is 4.00. The minimum Gasteiger partial charge on any atom is -0.461 e. The lowest BCUT2D eigenvalue weighted by atomic mass is 9.57. The van der Waals surface area contributed by atoms with E-state index in [1.54, 1.807) is 0 Å². The van der Waals surface area contributed by atoms with Gasteiger partial charge in [0.2, 0.25) is 0 Å². The number of benzene rings is 1. The minimum atomic E-state index is -0.211. The molecular formula is C21H22BNO. The van der Waals surface area contributed by atoms with Gasteiger partial charge < -0.3 is 4.42 Å². The van der Waals surface area contributed by atoms with Crippen molar-refractivity contribution in [1.82, 2.24) is 4.98 Å². The van der Waals surface area contributed by atoms with Gasteiger partial charge in [-0.3, -0.25) is 4.98 Å². The smallest absolute Gasteiger partial charge is 0.143 e. The standard InChI is InChI=1S/C21H22BNO/c1-14-6-7-16-12-15(2)24-20(16)19(14)18-13-17(8-11-23-18)21(22)9-4-3-5-10-21/h6-8,11-13H,3-5,9-10H2,1-2H3. The number of fused-ring (bicyclic) bond motifs is 1. The molecule has 0 bridgehead atoms. The Labute approximate surface area is 144 Å². The number of aromatic nitrogens is 1. The van der Waals surface area contributed by atoms with Crippen molar-refractivity contribution in [2.75, 3.05) is 0 Å². The second-order valence-corrected chi connectivity index (χ2v) is 7.18. The molecule has 0 aliphatic heterocycles. The maximum absolute atomic E-state index is 6.73. The Morgan fingerprint density at radius 1 is 1.04 bits per heavy atom. The lowest BCUT2D eigenvalue weighted by molar-refractivity contribution is 0.398. The van der Waals surface area contributed by atoms with Crippen LogP contribution in [-0.2, 0) is 5.31 Å². The van der Waals surface area contributed by atoms with Crippen LogP contribution in [0.4, 0.5) is 0 Å². The molecule has 1 aliphatic carbocycles. The van der Waals surface area contributed by atoms with Gasteiger partial charge in [0.25, 0.3) is 0 Å². The molecule has 120 valence electrons. The third-order valence-electron chi connectivity index (χ3n) is 5.36. The van der Waals surface area contributed by atoms with Crippen molar-refractivity contribution >= 4 is 18.8 Å². The number of rotatable bonds is 2. The summed E-state index contributed by atoms with van der Waals surface area (Å²) in [7, 11) is 6.73. The first-order valence-corrected chi connectivity index (χ1v) is 8.82. The Kier molecular flexibility index (Phi) is 3.75. The molecular weight excluding hydrogens is 293 g/mol. The van der Waals surface area contributed by atoms with Crippen LogP contribution in [-0.4, -0.2) is 12.8 Å². The lowest BCUT2D eigenvalue weighted by Gasteiger charge is -2.35. The molecule has 2 nitrogen and oxygen atoms in total. The van der Waals surface area contributed by atoms with E-state index in [0.717, 1.165) is 40.8 Å². The van der Waals surface area contributed by atoms with Gasteiger partial charge in [0, 0.05) is 17.1 Å². The molecule has 4 rings (SSSR count). The molecule has 1 aliphatic rings. The van der Waals surface area contributed by atoms with Crippen LogP contribution in [0.15, 0.2) is 40.9 Å². The van der Waals surface area contributed by atoms with Gasteiger partial charge in [-0.25, -0.2) is 0 Å². The number of nitrogens with zero attached hydrogens (tertiary/aromatic N) is 1. The lowest BCUT2D eigenvalue weighted by Crippen LogP contribution is -2.29. The summed E-state index contributed by atoms with van der Waals surface area (Å²) in [5.74, 6) is 0.926. The van der Waals surface area contributed by atoms with Crippen LogP contribution in [0.25, 0.3) is 22.2 Å². The van der Waals surface area contributed by atoms with Crippen molar-refractivity contribution in [3.63, 3.8) is 0 Å². The van der Waals surface area contributed by atoms with Gasteiger partial charge in [0.1, 0.15) is 11.3 Å². The molecule has 1 fully saturated rings. The van der Waals surface area contributed by atoms with Crippen molar-refractivity contribution in [3.05, 3.63) is 53.4 Å². The maximum Gasteiger partial charge on any atom is 0.143 e. The maximum atomic E-state index is 6.73. The summed E-state index contributed by atoms with van der Waals surface area (Å²) < 4.78 is 5.97. The van der Waals surface area contributed by atoms with E-state index < -0.39 is 0 Å². The molecule has 2 radical (unpaired) electrons. The zero-order valence-corrected chi connectivity index (χ0v) is 14.4. The van der Waals surface area contributed by atoms with Crippen molar-refractivity contribution in [2.45, 2.75) is 51.3 Å². The number of hydrogen-bond acceptors (Lipinski definition) is 2. The highest BCUT2D eigenvalue weighted by Crippen LogP contribution is 2.39. The summed E-state index contributed by atoms with van der Waals surface area (Å²) >= 11 is 0. The van der Waals surface area contributed by atoms with Crippen LogP contribution in [0.2, 0.25) is 0 Å². The van der Waals surface area contributed by atoms with Crippen LogP contribution in [0, 0.1) is 13.8 Å². The predicted octanol–water partition coefficient (Wildman–Crippen LogP) is 5.44. The van der Waals surface area contributed by atoms with Crippen LogP contribution in [0.5, 0.6) is 0 Å². The van der Waals surface area contributed by atoms with E-state index in [9.17, 15) is 0 Å². The molecule has 24 heavy (non-hydrogen) atoms. The fourth-order valence-corrected chi connectivity index (χ4v) is 4.00. The van der Waals surface area contributed by atoms with E-state index in [1.165, 1.54) is 30.4 Å². The van der Waals surface area contributed by atoms with E-state index in [0.29, 0.717) is 0 Å². The van der Waals surface area contributed by atoms with Gasteiger partial charge in [-0.1, -0.05) is 44.2 Å². The summed E-state index contributed by atoms with van der Waals surface area (Å²) in [6.07, 6.45) is 7.71. The van der Waals surface area contributed by atoms with Crippen LogP contribution in [0.3, 0.4) is 0 Å². The monoisotopic (exact) mass is 315 g/mol. The van der Waals surface area contributed by atoms with Crippen molar-refractivity contribution in [1.29, 1.82) is 0 Å². The van der Waals surface area contributed by atoms with E-state index in [1.807, 2.05) is 13.1 Å². The number of pyridine rings is 1. The molecule has 0 N–H and O–H groups in total. The topological polar surface area (TPSA) is 26.0 Å². The minimum absolute atomic E-state index is 0.211. The largest absolute Gasteiger partial charge is 0.461 e. The second kappa shape index (κ2) is 5.80. The summed E-state index contributed by atoms with van der Waals surface area (Å²) in [6.45, 7) is 4.10. The van der Waals surface area contributed by atoms with Crippen molar-refractivity contribution < 1.29 is 4.42 Å². The van der Waals surface area contributed by atoms with Gasteiger partial charge in [0.05, 0.1) is 13.5 Å². The highest BCUT2D eigenvalue weighted by molar-refractivity contribution is 6.16. The van der Waals surface area contributed by atoms with Gasteiger partial charge in [-0.15, -0.1) is 0 Å². The molecule has 2 aromatic heterocycles. The third-order valence-corrected chi connectivity index (χ3v) is 5.36. The average Bonchev–Trinajstić information content (AvgIpc) is 2.96. The second-order valence-electron chi connectivity index (χ2n) is 7.18. The summed E-state index contributed by atoms with van der Waals surface area (Å²) in [4.78, 5) is 4.64. The highest BCUT2D eigenvalue weighted by Gasteiger charge is 2.28. The van der Waals surface area contributed by atoms with Gasteiger partial charge >= 0.3 is 0 Å². The molecule has 3 aromatic rings. The molecule has 2 heterocycles. The Morgan fingerprint density at radius 2 is 1.83 bits per heavy atom. The van der Waals surface area contributed by atoms with E-state index in [4.69, 9.17) is 12.3 Å². The normalized spacial score (nSPS) is 17.2. The Bertz CT molecular complexity index is 890. The van der Waals surface area contributed by atoms with Crippen LogP contribution >= 0.6 is 0 Å². The van der Waals surface area contributed by atoms with Crippen LogP contribution in [0.1, 0.15) is 49.0 Å².